The van der Waals surface area contributed by atoms with Crippen LogP contribution in [0.2, 0.25) is 0 Å². The van der Waals surface area contributed by atoms with Gasteiger partial charge in [-0.3, -0.25) is 19.3 Å². The van der Waals surface area contributed by atoms with Crippen molar-refractivity contribution in [2.45, 2.75) is 21.8 Å². The lowest BCUT2D eigenvalue weighted by Crippen LogP contribution is -2.73. The molecule has 1 aliphatic heterocycles. The topological polar surface area (TPSA) is 138 Å². The molecule has 0 bridgehead atoms. The van der Waals surface area contributed by atoms with Gasteiger partial charge < -0.3 is 24.3 Å². The van der Waals surface area contributed by atoms with Crippen LogP contribution in [-0.4, -0.2) is 74.4 Å². The fourth-order valence-corrected chi connectivity index (χ4v) is 11.9. The summed E-state index contributed by atoms with van der Waals surface area (Å²) in [4.78, 5) is 70.4. The molecule has 6 rings (SSSR count). The summed E-state index contributed by atoms with van der Waals surface area (Å²) in [6.45, 7) is -5.47. The van der Waals surface area contributed by atoms with Crippen molar-refractivity contribution in [2.24, 2.45) is 0 Å². The molecule has 0 aromatic heterocycles. The lowest BCUT2D eigenvalue weighted by atomic mass is 10.1. The van der Waals surface area contributed by atoms with Gasteiger partial charge in [-0.15, -0.1) is 0 Å². The number of rotatable bonds is 15. The molecular weight excluding hydrogens is 858 g/mol. The Bertz CT molecular complexity index is 2200. The number of thioether (sulfide) groups is 1. The largest absolute Gasteiger partial charge is 0.508 e. The number of para-hydroxylation sites is 1. The van der Waals surface area contributed by atoms with Crippen molar-refractivity contribution in [1.29, 1.82) is 0 Å². The Balaban J connectivity index is 1.48. The van der Waals surface area contributed by atoms with E-state index >= 15 is 4.79 Å². The van der Waals surface area contributed by atoms with Gasteiger partial charge in [0.15, 0.2) is 13.2 Å². The molecule has 1 N–H and O–H groups in total. The van der Waals surface area contributed by atoms with Crippen molar-refractivity contribution in [3.05, 3.63) is 157 Å². The standard InChI is InChI=1S/C43H36Cl3N2O9PS/c44-43(45,46)29-57-42(53)56-28-36(50)59-40-37(47-35(49)27-54-31-18-8-2-9-19-31)38(51)48(40)39(41(52)55-26-30-16-6-1-7-17-30)58(32-20-10-3-11-21-32,33-22-12-4-13-23-33)34-24-14-5-15-25-34/h1-25,37,40H,26-29H2,(H,47,49). The Morgan fingerprint density at radius 3 is 1.66 bits per heavy atom. The number of alkyl halides is 3. The lowest BCUT2D eigenvalue weighted by molar-refractivity contribution is -0.146. The summed E-state index contributed by atoms with van der Waals surface area (Å²) in [5.74, 6) is -1.76. The summed E-state index contributed by atoms with van der Waals surface area (Å²) in [6, 6.07) is 44.2. The van der Waals surface area contributed by atoms with Gasteiger partial charge in [0.05, 0.1) is 0 Å². The van der Waals surface area contributed by atoms with E-state index in [0.717, 1.165) is 0 Å². The highest BCUT2D eigenvalue weighted by atomic mass is 35.6. The number of β-lactam (4-membered cyclic amide) rings is 1. The van der Waals surface area contributed by atoms with Gasteiger partial charge in [0, 0.05) is 6.89 Å². The van der Waals surface area contributed by atoms with Crippen molar-refractivity contribution in [1.82, 2.24) is 10.2 Å². The van der Waals surface area contributed by atoms with E-state index in [1.165, 1.54) is 4.90 Å². The first-order valence-corrected chi connectivity index (χ1v) is 21.8. The number of hydrogen-bond acceptors (Lipinski definition) is 10. The third-order valence-electron chi connectivity index (χ3n) is 8.76. The fraction of sp³-hybridized carbons (Fsp3) is 0.163. The third kappa shape index (κ3) is 10.9. The number of amides is 2. The first kappa shape index (κ1) is 43.4. The third-order valence-corrected chi connectivity index (χ3v) is 14.4. The number of esters is 1. The summed E-state index contributed by atoms with van der Waals surface area (Å²) in [5.41, 5.74) is 0.656. The van der Waals surface area contributed by atoms with Crippen LogP contribution in [0, 0.1) is 0 Å². The Labute approximate surface area is 359 Å². The number of nitrogens with zero attached hydrogens (tertiary/aromatic N) is 1. The van der Waals surface area contributed by atoms with E-state index in [1.54, 1.807) is 42.5 Å². The van der Waals surface area contributed by atoms with Crippen LogP contribution in [0.4, 0.5) is 4.79 Å². The molecule has 2 unspecified atom stereocenters. The average molecular weight is 894 g/mol. The highest BCUT2D eigenvalue weighted by Crippen LogP contribution is 2.49. The molecule has 1 heterocycles. The van der Waals surface area contributed by atoms with Crippen LogP contribution in [-0.2, 0) is 40.0 Å². The first-order valence-electron chi connectivity index (χ1n) is 18.0. The van der Waals surface area contributed by atoms with E-state index in [2.05, 4.69) is 5.32 Å². The summed E-state index contributed by atoms with van der Waals surface area (Å²) in [7, 11) is 0. The number of carbonyl (C=O) groups is 5. The van der Waals surface area contributed by atoms with Crippen LogP contribution in [0.1, 0.15) is 5.56 Å². The van der Waals surface area contributed by atoms with Gasteiger partial charge >= 0.3 is 12.1 Å². The smallest absolute Gasteiger partial charge is 0.484 e. The molecule has 0 saturated carbocycles. The normalized spacial score (nSPS) is 15.0. The molecule has 1 saturated heterocycles. The minimum absolute atomic E-state index is 0.0404. The number of benzene rings is 5. The average Bonchev–Trinajstić information content (AvgIpc) is 3.26. The Hall–Kier alpha value is -5.23. The van der Waals surface area contributed by atoms with Crippen LogP contribution in [0.15, 0.2) is 152 Å². The zero-order chi connectivity index (χ0) is 41.8. The van der Waals surface area contributed by atoms with Gasteiger partial charge in [0.2, 0.25) is 8.91 Å². The van der Waals surface area contributed by atoms with E-state index < -0.39 is 71.0 Å². The number of nitrogens with one attached hydrogen (secondary N) is 1. The molecule has 16 heteroatoms. The van der Waals surface area contributed by atoms with Crippen LogP contribution < -0.4 is 26.0 Å². The fourth-order valence-electron chi connectivity index (χ4n) is 6.25. The van der Waals surface area contributed by atoms with Gasteiger partial charge in [0.1, 0.15) is 35.8 Å². The maximum Gasteiger partial charge on any atom is 0.508 e. The van der Waals surface area contributed by atoms with Gasteiger partial charge in [-0.2, -0.15) is 0 Å². The maximum absolute atomic E-state index is 15.1. The first-order chi connectivity index (χ1) is 28.5. The molecule has 5 aromatic carbocycles. The predicted molar refractivity (Wildman–Crippen MR) is 231 cm³/mol. The van der Waals surface area contributed by atoms with E-state index in [-0.39, 0.29) is 12.0 Å². The molecule has 5 aromatic rings. The van der Waals surface area contributed by atoms with Crippen molar-refractivity contribution in [2.75, 3.05) is 19.8 Å². The van der Waals surface area contributed by atoms with E-state index in [4.69, 9.17) is 53.8 Å². The highest BCUT2D eigenvalue weighted by molar-refractivity contribution is 8.14. The SMILES string of the molecule is O=C(COc1ccccc1)NC1C(=O)N(C(C(=O)OCc2ccccc2)=P(c2ccccc2)(c2ccccc2)c2ccccc2)C1SC(=O)COC(=O)OCC(Cl)(Cl)Cl. The Morgan fingerprint density at radius 2 is 1.15 bits per heavy atom. The molecule has 11 nitrogen and oxygen atoms in total. The van der Waals surface area contributed by atoms with Crippen LogP contribution >= 0.6 is 53.5 Å². The quantitative estimate of drug-likeness (QED) is 0.0547. The van der Waals surface area contributed by atoms with Gasteiger partial charge in [-0.05, 0) is 33.6 Å². The lowest BCUT2D eigenvalue weighted by Gasteiger charge is -2.49. The van der Waals surface area contributed by atoms with Gasteiger partial charge in [0.25, 0.3) is 11.8 Å². The number of ether oxygens (including phenoxy) is 4. The number of carbonyl (C=O) groups excluding carboxylic acids is 5. The highest BCUT2D eigenvalue weighted by Gasteiger charge is 2.55. The van der Waals surface area contributed by atoms with E-state index in [9.17, 15) is 19.2 Å². The second kappa shape index (κ2) is 20.2. The Kier molecular flexibility index (Phi) is 14.8. The molecule has 0 radical (unpaired) electrons. The molecule has 1 fully saturated rings. The minimum Gasteiger partial charge on any atom is -0.484 e. The molecule has 304 valence electrons. The number of hydrogen-bond donors (Lipinski definition) is 1. The zero-order valence-corrected chi connectivity index (χ0v) is 35.0. The number of halogens is 3. The summed E-state index contributed by atoms with van der Waals surface area (Å²) < 4.78 is 19.6. The zero-order valence-electron chi connectivity index (χ0n) is 31.0. The summed E-state index contributed by atoms with van der Waals surface area (Å²) in [5, 5.41) is 2.81. The molecule has 59 heavy (non-hydrogen) atoms. The van der Waals surface area contributed by atoms with Crippen molar-refractivity contribution < 1.29 is 42.9 Å². The van der Waals surface area contributed by atoms with Crippen molar-refractivity contribution in [3.8, 4) is 5.75 Å². The van der Waals surface area contributed by atoms with Gasteiger partial charge in [-0.25, -0.2) is 9.59 Å². The van der Waals surface area contributed by atoms with Crippen LogP contribution in [0.3, 0.4) is 0 Å². The molecule has 0 spiro atoms. The molecule has 2 atom stereocenters. The maximum atomic E-state index is 15.1. The molecular formula is C43H36Cl3N2O9PS. The van der Waals surface area contributed by atoms with Crippen LogP contribution in [0.25, 0.3) is 0 Å². The minimum atomic E-state index is -3.41. The monoisotopic (exact) mass is 892 g/mol. The van der Waals surface area contributed by atoms with Crippen molar-refractivity contribution >= 4 is 104 Å². The second-order valence-electron chi connectivity index (χ2n) is 12.7. The number of likely N-dealkylation sites (tertiary alicyclic amines) is 1. The van der Waals surface area contributed by atoms with Crippen LogP contribution in [0.5, 0.6) is 5.75 Å². The van der Waals surface area contributed by atoms with Crippen molar-refractivity contribution in [3.63, 3.8) is 0 Å². The summed E-state index contributed by atoms with van der Waals surface area (Å²) >= 11 is 17.6. The molecule has 2 amide bonds. The Morgan fingerprint density at radius 1 is 0.661 bits per heavy atom. The predicted octanol–water partition coefficient (Wildman–Crippen LogP) is 6.37. The summed E-state index contributed by atoms with van der Waals surface area (Å²) in [6.07, 6.45) is -1.28. The molecule has 1 aliphatic rings. The second-order valence-corrected chi connectivity index (χ2v) is 19.7. The van der Waals surface area contributed by atoms with E-state index in [0.29, 0.717) is 39.0 Å². The van der Waals surface area contributed by atoms with E-state index in [1.807, 2.05) is 109 Å². The van der Waals surface area contributed by atoms with Gasteiger partial charge in [-0.1, -0.05) is 186 Å². The molecule has 0 aliphatic carbocycles.